The van der Waals surface area contributed by atoms with Gasteiger partial charge in [0.05, 0.1) is 18.6 Å². The van der Waals surface area contributed by atoms with Gasteiger partial charge in [0.15, 0.2) is 0 Å². The highest BCUT2D eigenvalue weighted by atomic mass is 16.5. The first-order chi connectivity index (χ1) is 8.16. The molecule has 1 N–H and O–H groups in total. The molecule has 2 nitrogen and oxygen atoms in total. The third-order valence-corrected chi connectivity index (χ3v) is 3.58. The molecule has 1 fully saturated rings. The lowest BCUT2D eigenvalue weighted by Crippen LogP contribution is -2.54. The van der Waals surface area contributed by atoms with Gasteiger partial charge in [-0.05, 0) is 17.5 Å². The molecule has 0 unspecified atom stereocenters. The van der Waals surface area contributed by atoms with Gasteiger partial charge in [-0.25, -0.2) is 0 Å². The van der Waals surface area contributed by atoms with Crippen LogP contribution in [0.4, 0.5) is 0 Å². The molecular formula is C15H23NO. The highest BCUT2D eigenvalue weighted by molar-refractivity contribution is 5.31. The number of rotatable bonds is 5. The summed E-state index contributed by atoms with van der Waals surface area (Å²) in [5.41, 5.74) is 3.02. The zero-order valence-corrected chi connectivity index (χ0v) is 11.1. The van der Waals surface area contributed by atoms with Gasteiger partial charge in [0.2, 0.25) is 0 Å². The summed E-state index contributed by atoms with van der Waals surface area (Å²) >= 11 is 0. The molecule has 1 aromatic rings. The number of hydrogen-bond acceptors (Lipinski definition) is 2. The van der Waals surface area contributed by atoms with Crippen molar-refractivity contribution in [1.29, 1.82) is 0 Å². The van der Waals surface area contributed by atoms with E-state index in [1.54, 1.807) is 0 Å². The van der Waals surface area contributed by atoms with Gasteiger partial charge < -0.3 is 10.1 Å². The van der Waals surface area contributed by atoms with Gasteiger partial charge in [-0.3, -0.25) is 0 Å². The van der Waals surface area contributed by atoms with Crippen LogP contribution < -0.4 is 5.32 Å². The molecule has 1 aromatic carbocycles. The van der Waals surface area contributed by atoms with Crippen molar-refractivity contribution >= 4 is 0 Å². The molecule has 1 saturated heterocycles. The molecule has 0 amide bonds. The van der Waals surface area contributed by atoms with Crippen LogP contribution in [0.15, 0.2) is 24.3 Å². The standard InChI is InChI=1S/C15H23NO/c1-4-13-5-7-14(8-6-13)15(10-17-11-15)9-16-12(2)3/h5-8,12,16H,4,9-11H2,1-3H3. The van der Waals surface area contributed by atoms with Gasteiger partial charge in [0.25, 0.3) is 0 Å². The van der Waals surface area contributed by atoms with E-state index >= 15 is 0 Å². The van der Waals surface area contributed by atoms with Crippen molar-refractivity contribution in [1.82, 2.24) is 5.32 Å². The third-order valence-electron chi connectivity index (χ3n) is 3.58. The molecular weight excluding hydrogens is 210 g/mol. The van der Waals surface area contributed by atoms with Crippen LogP contribution in [0.1, 0.15) is 31.9 Å². The molecule has 0 bridgehead atoms. The molecule has 17 heavy (non-hydrogen) atoms. The average molecular weight is 233 g/mol. The second kappa shape index (κ2) is 5.19. The number of nitrogens with one attached hydrogen (secondary N) is 1. The van der Waals surface area contributed by atoms with E-state index in [0.29, 0.717) is 6.04 Å². The maximum Gasteiger partial charge on any atom is 0.0598 e. The van der Waals surface area contributed by atoms with E-state index in [9.17, 15) is 0 Å². The molecule has 0 atom stereocenters. The lowest BCUT2D eigenvalue weighted by atomic mass is 9.78. The Hall–Kier alpha value is -0.860. The number of benzene rings is 1. The Labute approximate surface area is 104 Å². The van der Waals surface area contributed by atoms with E-state index in [1.807, 2.05) is 0 Å². The number of ether oxygens (including phenoxy) is 1. The molecule has 0 saturated carbocycles. The van der Waals surface area contributed by atoms with Crippen LogP contribution >= 0.6 is 0 Å². The average Bonchev–Trinajstić information content (AvgIpc) is 2.28. The second-order valence-corrected chi connectivity index (χ2v) is 5.36. The molecule has 2 rings (SSSR count). The normalized spacial score (nSPS) is 18.1. The SMILES string of the molecule is CCc1ccc(C2(CNC(C)C)COC2)cc1. The maximum absolute atomic E-state index is 5.44. The molecule has 0 aliphatic carbocycles. The van der Waals surface area contributed by atoms with E-state index in [1.165, 1.54) is 11.1 Å². The summed E-state index contributed by atoms with van der Waals surface area (Å²) in [6.07, 6.45) is 1.11. The topological polar surface area (TPSA) is 21.3 Å². The van der Waals surface area contributed by atoms with Gasteiger partial charge in [0, 0.05) is 12.6 Å². The fraction of sp³-hybridized carbons (Fsp3) is 0.600. The van der Waals surface area contributed by atoms with Crippen LogP contribution in [0.25, 0.3) is 0 Å². The van der Waals surface area contributed by atoms with Gasteiger partial charge >= 0.3 is 0 Å². The summed E-state index contributed by atoms with van der Waals surface area (Å²) in [5, 5.41) is 3.54. The predicted molar refractivity (Wildman–Crippen MR) is 71.5 cm³/mol. The van der Waals surface area contributed by atoms with Crippen LogP contribution in [-0.4, -0.2) is 25.8 Å². The zero-order valence-electron chi connectivity index (χ0n) is 11.1. The Morgan fingerprint density at radius 2 is 1.88 bits per heavy atom. The lowest BCUT2D eigenvalue weighted by Gasteiger charge is -2.42. The third kappa shape index (κ3) is 2.70. The largest absolute Gasteiger partial charge is 0.379 e. The maximum atomic E-state index is 5.44. The highest BCUT2D eigenvalue weighted by Gasteiger charge is 2.39. The van der Waals surface area contributed by atoms with Crippen molar-refractivity contribution in [2.75, 3.05) is 19.8 Å². The van der Waals surface area contributed by atoms with Crippen molar-refractivity contribution in [3.05, 3.63) is 35.4 Å². The van der Waals surface area contributed by atoms with Gasteiger partial charge in [-0.1, -0.05) is 45.0 Å². The summed E-state index contributed by atoms with van der Waals surface area (Å²) in [6.45, 7) is 9.27. The van der Waals surface area contributed by atoms with Crippen LogP contribution in [-0.2, 0) is 16.6 Å². The first-order valence-electron chi connectivity index (χ1n) is 6.57. The molecule has 1 aliphatic rings. The van der Waals surface area contributed by atoms with Crippen LogP contribution in [0, 0.1) is 0 Å². The Morgan fingerprint density at radius 1 is 1.24 bits per heavy atom. The minimum atomic E-state index is 0.205. The zero-order chi connectivity index (χ0) is 12.3. The first-order valence-corrected chi connectivity index (χ1v) is 6.57. The van der Waals surface area contributed by atoms with Crippen molar-refractivity contribution in [3.8, 4) is 0 Å². The van der Waals surface area contributed by atoms with Crippen molar-refractivity contribution in [3.63, 3.8) is 0 Å². The molecule has 94 valence electrons. The van der Waals surface area contributed by atoms with Crippen LogP contribution in [0.5, 0.6) is 0 Å². The van der Waals surface area contributed by atoms with Crippen LogP contribution in [0.3, 0.4) is 0 Å². The number of aryl methyl sites for hydroxylation is 1. The molecule has 2 heteroatoms. The Balaban J connectivity index is 2.10. The molecule has 1 heterocycles. The minimum absolute atomic E-state index is 0.205. The Bertz CT molecular complexity index is 352. The van der Waals surface area contributed by atoms with Gasteiger partial charge in [0.1, 0.15) is 0 Å². The summed E-state index contributed by atoms with van der Waals surface area (Å²) in [7, 11) is 0. The van der Waals surface area contributed by atoms with Crippen molar-refractivity contribution < 1.29 is 4.74 Å². The van der Waals surface area contributed by atoms with E-state index < -0.39 is 0 Å². The van der Waals surface area contributed by atoms with E-state index in [2.05, 4.69) is 50.4 Å². The van der Waals surface area contributed by atoms with E-state index in [0.717, 1.165) is 26.2 Å². The first kappa shape index (κ1) is 12.6. The highest BCUT2D eigenvalue weighted by Crippen LogP contribution is 2.32. The minimum Gasteiger partial charge on any atom is -0.379 e. The van der Waals surface area contributed by atoms with E-state index in [-0.39, 0.29) is 5.41 Å². The summed E-state index contributed by atoms with van der Waals surface area (Å²) < 4.78 is 5.44. The molecule has 1 aliphatic heterocycles. The fourth-order valence-corrected chi connectivity index (χ4v) is 2.21. The number of hydrogen-bond donors (Lipinski definition) is 1. The smallest absolute Gasteiger partial charge is 0.0598 e. The summed E-state index contributed by atoms with van der Waals surface area (Å²) in [6, 6.07) is 9.55. The Kier molecular flexibility index (Phi) is 3.85. The molecule has 0 aromatic heterocycles. The second-order valence-electron chi connectivity index (χ2n) is 5.36. The van der Waals surface area contributed by atoms with Gasteiger partial charge in [-0.15, -0.1) is 0 Å². The monoisotopic (exact) mass is 233 g/mol. The van der Waals surface area contributed by atoms with Gasteiger partial charge in [-0.2, -0.15) is 0 Å². The molecule has 0 radical (unpaired) electrons. The fourth-order valence-electron chi connectivity index (χ4n) is 2.21. The van der Waals surface area contributed by atoms with Crippen LogP contribution in [0.2, 0.25) is 0 Å². The quantitative estimate of drug-likeness (QED) is 0.844. The lowest BCUT2D eigenvalue weighted by molar-refractivity contribution is -0.0597. The van der Waals surface area contributed by atoms with Crippen molar-refractivity contribution in [2.24, 2.45) is 0 Å². The van der Waals surface area contributed by atoms with E-state index in [4.69, 9.17) is 4.74 Å². The van der Waals surface area contributed by atoms with Crippen molar-refractivity contribution in [2.45, 2.75) is 38.6 Å². The summed E-state index contributed by atoms with van der Waals surface area (Å²) in [4.78, 5) is 0. The summed E-state index contributed by atoms with van der Waals surface area (Å²) in [5.74, 6) is 0. The predicted octanol–water partition coefficient (Wildman–Crippen LogP) is 2.52. The molecule has 0 spiro atoms. The Morgan fingerprint density at radius 3 is 2.29 bits per heavy atom.